The number of aliphatic hydroxyl groups excluding tert-OH is 1. The first kappa shape index (κ1) is 43.0. The molecule has 0 saturated carbocycles. The normalized spacial score (nSPS) is 12.9. The molecule has 4 nitrogen and oxygen atoms in total. The van der Waals surface area contributed by atoms with Gasteiger partial charge in [0.05, 0.1) is 5.76 Å². The summed E-state index contributed by atoms with van der Waals surface area (Å²) in [6.07, 6.45) is 3.20. The van der Waals surface area contributed by atoms with Crippen LogP contribution in [0.3, 0.4) is 0 Å². The Kier molecular flexibility index (Phi) is 14.5. The van der Waals surface area contributed by atoms with E-state index in [-0.39, 0.29) is 48.9 Å². The fraction of sp³-hybridized carbons (Fsp3) is 0.477. The standard InChI is InChI=1S/C27H27GeN2S.C17H32O2.Ir/c1-27(2,3)21-15-18(14-17-10-7-8-11-19(17)21)23-26-24(30-16-29-23)20-12-9-13-22(25(20)31-26)28(4,5)6;1-10(2)16(11(3)4)14(18)9-15(19)17(12(5)6)13(7)8;/h7-13,15-16H,1-6H3;9-13,16-18H,1-8H3;/q-1;;/b;14-9-;. The maximum absolute atomic E-state index is 12.3. The number of hydrogen-bond donors (Lipinski definition) is 1. The predicted octanol–water partition coefficient (Wildman–Crippen LogP) is 12.2. The molecule has 3 aromatic carbocycles. The van der Waals surface area contributed by atoms with Gasteiger partial charge in [0, 0.05) is 38.0 Å². The Morgan fingerprint density at radius 2 is 1.37 bits per heavy atom. The number of thiophene rings is 1. The second kappa shape index (κ2) is 17.2. The minimum atomic E-state index is -2.01. The summed E-state index contributed by atoms with van der Waals surface area (Å²) in [4.78, 5) is 21.8. The molecule has 1 radical (unpaired) electrons. The molecule has 5 aromatic rings. The van der Waals surface area contributed by atoms with Crippen LogP contribution in [0.2, 0.25) is 17.3 Å². The van der Waals surface area contributed by atoms with Gasteiger partial charge < -0.3 is 5.11 Å². The molecule has 5 rings (SSSR count). The molecule has 0 fully saturated rings. The van der Waals surface area contributed by atoms with E-state index in [1.54, 1.807) is 10.7 Å². The Balaban J connectivity index is 0.000000306. The van der Waals surface area contributed by atoms with E-state index in [1.165, 1.54) is 31.8 Å². The third kappa shape index (κ3) is 9.79. The number of hydrogen-bond acceptors (Lipinski definition) is 5. The number of nitrogens with zero attached hydrogens (tertiary/aromatic N) is 2. The van der Waals surface area contributed by atoms with Crippen LogP contribution in [0.4, 0.5) is 0 Å². The van der Waals surface area contributed by atoms with Gasteiger partial charge in [-0.1, -0.05) is 55.4 Å². The van der Waals surface area contributed by atoms with E-state index in [0.29, 0.717) is 23.7 Å². The predicted molar refractivity (Wildman–Crippen MR) is 220 cm³/mol. The first-order valence-corrected chi connectivity index (χ1v) is 26.5. The van der Waals surface area contributed by atoms with Crippen molar-refractivity contribution < 1.29 is 30.0 Å². The van der Waals surface area contributed by atoms with Gasteiger partial charge in [-0.2, -0.15) is 0 Å². The Morgan fingerprint density at radius 3 is 1.92 bits per heavy atom. The summed E-state index contributed by atoms with van der Waals surface area (Å²) in [6.45, 7) is 23.4. The smallest absolute Gasteiger partial charge is 0.162 e. The molecule has 7 heteroatoms. The average Bonchev–Trinajstić information content (AvgIpc) is 3.38. The van der Waals surface area contributed by atoms with Crippen molar-refractivity contribution in [2.24, 2.45) is 35.5 Å². The number of allylic oxidation sites excluding steroid dienone is 2. The summed E-state index contributed by atoms with van der Waals surface area (Å²) in [5.41, 5.74) is 4.48. The van der Waals surface area contributed by atoms with Gasteiger partial charge in [-0.15, -0.1) is 0 Å². The van der Waals surface area contributed by atoms with Crippen molar-refractivity contribution >= 4 is 65.9 Å². The van der Waals surface area contributed by atoms with E-state index >= 15 is 0 Å². The number of ketones is 1. The number of aliphatic hydroxyl groups is 1. The number of rotatable bonds is 9. The van der Waals surface area contributed by atoms with E-state index < -0.39 is 13.3 Å². The Bertz CT molecular complexity index is 1980. The van der Waals surface area contributed by atoms with Crippen molar-refractivity contribution in [1.82, 2.24) is 9.97 Å². The van der Waals surface area contributed by atoms with Gasteiger partial charge in [0.2, 0.25) is 0 Å². The second-order valence-corrected chi connectivity index (χ2v) is 28.9. The van der Waals surface area contributed by atoms with Gasteiger partial charge >= 0.3 is 191 Å². The zero-order valence-electron chi connectivity index (χ0n) is 33.2. The molecular weight excluding hydrogens is 885 g/mol. The van der Waals surface area contributed by atoms with E-state index in [2.05, 4.69) is 148 Å². The van der Waals surface area contributed by atoms with Gasteiger partial charge in [0.25, 0.3) is 0 Å². The summed E-state index contributed by atoms with van der Waals surface area (Å²) in [5.74, 6) is 9.00. The molecule has 1 N–H and O–H groups in total. The monoisotopic (exact) mass is 946 g/mol. The molecule has 0 unspecified atom stereocenters. The van der Waals surface area contributed by atoms with Gasteiger partial charge in [-0.25, -0.2) is 0 Å². The molecule has 277 valence electrons. The van der Waals surface area contributed by atoms with Crippen LogP contribution >= 0.6 is 11.3 Å². The molecule has 0 saturated heterocycles. The van der Waals surface area contributed by atoms with Crippen molar-refractivity contribution in [3.63, 3.8) is 0 Å². The Hall–Kier alpha value is -2.38. The summed E-state index contributed by atoms with van der Waals surface area (Å²) in [5, 5.41) is 13.9. The molecule has 2 heterocycles. The molecule has 0 aliphatic heterocycles. The first-order chi connectivity index (χ1) is 23.2. The number of fused-ring (bicyclic) bond motifs is 4. The van der Waals surface area contributed by atoms with Crippen molar-refractivity contribution in [1.29, 1.82) is 0 Å². The number of benzene rings is 3. The van der Waals surface area contributed by atoms with Gasteiger partial charge in [0.15, 0.2) is 5.78 Å². The quantitative estimate of drug-likeness (QED) is 0.0692. The Morgan fingerprint density at radius 1 is 0.804 bits per heavy atom. The maximum Gasteiger partial charge on any atom is 0.162 e. The van der Waals surface area contributed by atoms with Gasteiger partial charge in [-0.3, -0.25) is 4.79 Å². The molecule has 0 aliphatic rings. The average molecular weight is 945 g/mol. The van der Waals surface area contributed by atoms with Gasteiger partial charge in [0.1, 0.15) is 0 Å². The zero-order chi connectivity index (χ0) is 37.3. The number of carbonyl (C=O) groups is 1. The minimum absolute atomic E-state index is 0. The van der Waals surface area contributed by atoms with Crippen LogP contribution in [0, 0.1) is 41.6 Å². The third-order valence-electron chi connectivity index (χ3n) is 9.76. The molecule has 2 aromatic heterocycles. The van der Waals surface area contributed by atoms with Gasteiger partial charge in [-0.05, 0) is 23.7 Å². The fourth-order valence-electron chi connectivity index (χ4n) is 7.58. The maximum atomic E-state index is 12.3. The van der Waals surface area contributed by atoms with Crippen LogP contribution in [0.25, 0.3) is 42.3 Å². The summed E-state index contributed by atoms with van der Waals surface area (Å²) in [7, 11) is 0. The second-order valence-electron chi connectivity index (χ2n) is 17.3. The molecule has 0 spiro atoms. The fourth-order valence-corrected chi connectivity index (χ4v) is 13.6. The molecule has 0 bridgehead atoms. The third-order valence-corrected chi connectivity index (χ3v) is 15.6. The van der Waals surface area contributed by atoms with Crippen LogP contribution in [0.5, 0.6) is 0 Å². The number of carbonyl (C=O) groups excluding carboxylic acids is 1. The van der Waals surface area contributed by atoms with Crippen LogP contribution < -0.4 is 4.40 Å². The van der Waals surface area contributed by atoms with E-state index in [4.69, 9.17) is 9.97 Å². The first-order valence-electron chi connectivity index (χ1n) is 18.3. The molecular formula is C44H59GeIrN2O2S-. The summed E-state index contributed by atoms with van der Waals surface area (Å²) >= 11 is -0.156. The van der Waals surface area contributed by atoms with Crippen molar-refractivity contribution in [3.8, 4) is 11.3 Å². The largest absolute Gasteiger partial charge is 0.512 e. The van der Waals surface area contributed by atoms with Crippen LogP contribution in [-0.4, -0.2) is 34.1 Å². The summed E-state index contributed by atoms with van der Waals surface area (Å²) in [6, 6.07) is 21.2. The minimum Gasteiger partial charge on any atom is -0.512 e. The van der Waals surface area contributed by atoms with E-state index in [9.17, 15) is 9.90 Å². The molecule has 0 aliphatic carbocycles. The van der Waals surface area contributed by atoms with E-state index in [0.717, 1.165) is 22.2 Å². The Labute approximate surface area is 327 Å². The molecule has 51 heavy (non-hydrogen) atoms. The van der Waals surface area contributed by atoms with Crippen LogP contribution in [0.1, 0.15) is 81.7 Å². The van der Waals surface area contributed by atoms with E-state index in [1.807, 2.05) is 11.3 Å². The SMILES string of the molecule is CC(C)(C)c1cc(-c2ncnc3c2sc2[c]([Ge]([CH3])([CH3])[CH3])cccc23)[c-]c2ccccc12.CC(C)C(C(=O)/C=C(\O)C(C(C)C)C(C)C)C(C)C.[Ir]. The topological polar surface area (TPSA) is 63.1 Å². The van der Waals surface area contributed by atoms with Crippen LogP contribution in [0.15, 0.2) is 66.7 Å². The summed E-state index contributed by atoms with van der Waals surface area (Å²) < 4.78 is 4.11. The van der Waals surface area contributed by atoms with Crippen molar-refractivity contribution in [2.45, 2.75) is 98.8 Å². The van der Waals surface area contributed by atoms with Crippen molar-refractivity contribution in [3.05, 3.63) is 78.3 Å². The number of aromatic nitrogens is 2. The zero-order valence-corrected chi connectivity index (χ0v) is 38.5. The van der Waals surface area contributed by atoms with Crippen LogP contribution in [-0.2, 0) is 30.3 Å². The van der Waals surface area contributed by atoms with Crippen molar-refractivity contribution in [2.75, 3.05) is 0 Å². The molecule has 0 atom stereocenters. The molecule has 0 amide bonds.